The SMILES string of the molecule is CC(N)c1ccc(Sc2ccncn2)nc1. The summed E-state index contributed by atoms with van der Waals surface area (Å²) in [5, 5.41) is 1.79. The van der Waals surface area contributed by atoms with Crippen LogP contribution in [0.15, 0.2) is 47.0 Å². The lowest BCUT2D eigenvalue weighted by Gasteiger charge is -2.05. The second-order valence-corrected chi connectivity index (χ2v) is 4.41. The molecule has 0 bridgehead atoms. The van der Waals surface area contributed by atoms with Crippen molar-refractivity contribution in [2.75, 3.05) is 0 Å². The van der Waals surface area contributed by atoms with E-state index in [0.29, 0.717) is 0 Å². The third kappa shape index (κ3) is 2.77. The normalized spacial score (nSPS) is 12.4. The van der Waals surface area contributed by atoms with Crippen molar-refractivity contribution in [2.24, 2.45) is 5.73 Å². The Morgan fingerprint density at radius 3 is 2.56 bits per heavy atom. The van der Waals surface area contributed by atoms with Crippen LogP contribution in [0.1, 0.15) is 18.5 Å². The van der Waals surface area contributed by atoms with Crippen molar-refractivity contribution in [2.45, 2.75) is 23.0 Å². The minimum Gasteiger partial charge on any atom is -0.324 e. The summed E-state index contributed by atoms with van der Waals surface area (Å²) in [6, 6.07) is 5.81. The van der Waals surface area contributed by atoms with Crippen molar-refractivity contribution >= 4 is 11.8 Å². The molecule has 1 atom stereocenters. The Bertz CT molecular complexity index is 441. The minimum atomic E-state index is 0.0191. The van der Waals surface area contributed by atoms with Gasteiger partial charge in [-0.1, -0.05) is 6.07 Å². The van der Waals surface area contributed by atoms with Gasteiger partial charge in [-0.2, -0.15) is 0 Å². The quantitative estimate of drug-likeness (QED) is 0.820. The highest BCUT2D eigenvalue weighted by atomic mass is 32.2. The summed E-state index contributed by atoms with van der Waals surface area (Å²) in [6.07, 6.45) is 5.04. The van der Waals surface area contributed by atoms with Gasteiger partial charge in [0, 0.05) is 18.4 Å². The molecule has 0 aliphatic carbocycles. The Balaban J connectivity index is 2.11. The first-order chi connectivity index (χ1) is 7.75. The van der Waals surface area contributed by atoms with Crippen LogP contribution in [0.2, 0.25) is 0 Å². The van der Waals surface area contributed by atoms with E-state index in [0.717, 1.165) is 15.6 Å². The molecule has 0 fully saturated rings. The van der Waals surface area contributed by atoms with Gasteiger partial charge in [-0.3, -0.25) is 0 Å². The summed E-state index contributed by atoms with van der Waals surface area (Å²) in [4.78, 5) is 12.3. The fourth-order valence-electron chi connectivity index (χ4n) is 1.17. The largest absolute Gasteiger partial charge is 0.324 e. The van der Waals surface area contributed by atoms with Gasteiger partial charge in [0.1, 0.15) is 16.4 Å². The summed E-state index contributed by atoms with van der Waals surface area (Å²) in [6.45, 7) is 1.94. The first-order valence-electron chi connectivity index (χ1n) is 4.91. The topological polar surface area (TPSA) is 64.7 Å². The summed E-state index contributed by atoms with van der Waals surface area (Å²) < 4.78 is 0. The molecule has 0 saturated carbocycles. The first-order valence-corrected chi connectivity index (χ1v) is 5.73. The predicted molar refractivity (Wildman–Crippen MR) is 63.0 cm³/mol. The average molecular weight is 232 g/mol. The molecule has 0 aliphatic rings. The summed E-state index contributed by atoms with van der Waals surface area (Å²) in [7, 11) is 0. The van der Waals surface area contributed by atoms with Crippen LogP contribution < -0.4 is 5.73 Å². The minimum absolute atomic E-state index is 0.0191. The molecule has 0 aliphatic heterocycles. The second kappa shape index (κ2) is 5.05. The average Bonchev–Trinajstić information content (AvgIpc) is 2.31. The van der Waals surface area contributed by atoms with Crippen molar-refractivity contribution in [3.63, 3.8) is 0 Å². The molecule has 16 heavy (non-hydrogen) atoms. The number of rotatable bonds is 3. The lowest BCUT2D eigenvalue weighted by atomic mass is 10.2. The van der Waals surface area contributed by atoms with Gasteiger partial charge in [-0.15, -0.1) is 0 Å². The zero-order chi connectivity index (χ0) is 11.4. The van der Waals surface area contributed by atoms with E-state index < -0.39 is 0 Å². The zero-order valence-corrected chi connectivity index (χ0v) is 9.69. The third-order valence-electron chi connectivity index (χ3n) is 2.05. The third-order valence-corrected chi connectivity index (χ3v) is 2.95. The Hall–Kier alpha value is -1.46. The van der Waals surface area contributed by atoms with E-state index >= 15 is 0 Å². The molecular formula is C11H12N4S. The molecule has 0 aromatic carbocycles. The van der Waals surface area contributed by atoms with Gasteiger partial charge < -0.3 is 5.73 Å². The maximum absolute atomic E-state index is 5.75. The fraction of sp³-hybridized carbons (Fsp3) is 0.182. The van der Waals surface area contributed by atoms with E-state index in [2.05, 4.69) is 15.0 Å². The highest BCUT2D eigenvalue weighted by Gasteiger charge is 2.02. The number of pyridine rings is 1. The molecule has 2 N–H and O–H groups in total. The van der Waals surface area contributed by atoms with E-state index in [-0.39, 0.29) is 6.04 Å². The maximum Gasteiger partial charge on any atom is 0.116 e. The number of nitrogens with two attached hydrogens (primary N) is 1. The Morgan fingerprint density at radius 2 is 2.00 bits per heavy atom. The molecule has 0 saturated heterocycles. The van der Waals surface area contributed by atoms with Crippen molar-refractivity contribution in [1.82, 2.24) is 15.0 Å². The molecule has 4 nitrogen and oxygen atoms in total. The van der Waals surface area contributed by atoms with Gasteiger partial charge in [0.05, 0.1) is 0 Å². The van der Waals surface area contributed by atoms with Crippen LogP contribution in [0.25, 0.3) is 0 Å². The van der Waals surface area contributed by atoms with Crippen LogP contribution in [0.5, 0.6) is 0 Å². The van der Waals surface area contributed by atoms with Gasteiger partial charge in [-0.05, 0) is 36.4 Å². The highest BCUT2D eigenvalue weighted by molar-refractivity contribution is 7.99. The van der Waals surface area contributed by atoms with Gasteiger partial charge in [0.15, 0.2) is 0 Å². The zero-order valence-electron chi connectivity index (χ0n) is 8.87. The molecule has 0 amide bonds. The first kappa shape index (κ1) is 11.0. The molecule has 5 heteroatoms. The van der Waals surface area contributed by atoms with E-state index in [1.54, 1.807) is 12.4 Å². The van der Waals surface area contributed by atoms with Crippen LogP contribution in [0.4, 0.5) is 0 Å². The van der Waals surface area contributed by atoms with Crippen molar-refractivity contribution in [1.29, 1.82) is 0 Å². The molecule has 2 aromatic heterocycles. The fourth-order valence-corrected chi connectivity index (χ4v) is 1.85. The molecule has 2 rings (SSSR count). The Labute approximate surface area is 98.3 Å². The Kier molecular flexibility index (Phi) is 3.48. The van der Waals surface area contributed by atoms with E-state index in [1.807, 2.05) is 25.1 Å². The number of hydrogen-bond donors (Lipinski definition) is 1. The molecular weight excluding hydrogens is 220 g/mol. The molecule has 0 radical (unpaired) electrons. The van der Waals surface area contributed by atoms with Crippen molar-refractivity contribution in [3.8, 4) is 0 Å². The van der Waals surface area contributed by atoms with Crippen LogP contribution >= 0.6 is 11.8 Å². The second-order valence-electron chi connectivity index (χ2n) is 3.37. The lowest BCUT2D eigenvalue weighted by molar-refractivity contribution is 0.806. The van der Waals surface area contributed by atoms with Gasteiger partial charge in [0.25, 0.3) is 0 Å². The van der Waals surface area contributed by atoms with Crippen LogP contribution in [-0.4, -0.2) is 15.0 Å². The summed E-state index contributed by atoms with van der Waals surface area (Å²) >= 11 is 1.50. The standard InChI is InChI=1S/C11H12N4S/c1-8(12)9-2-3-10(14-6-9)16-11-4-5-13-7-15-11/h2-8H,12H2,1H3. The van der Waals surface area contributed by atoms with Crippen LogP contribution in [-0.2, 0) is 0 Å². The monoisotopic (exact) mass is 232 g/mol. The van der Waals surface area contributed by atoms with Crippen molar-refractivity contribution < 1.29 is 0 Å². The van der Waals surface area contributed by atoms with E-state index in [9.17, 15) is 0 Å². The molecule has 82 valence electrons. The molecule has 2 heterocycles. The molecule has 1 unspecified atom stereocenters. The predicted octanol–water partition coefficient (Wildman–Crippen LogP) is 2.04. The summed E-state index contributed by atoms with van der Waals surface area (Å²) in [5.41, 5.74) is 6.78. The van der Waals surface area contributed by atoms with E-state index in [4.69, 9.17) is 5.73 Å². The van der Waals surface area contributed by atoms with Gasteiger partial charge >= 0.3 is 0 Å². The smallest absolute Gasteiger partial charge is 0.116 e. The number of hydrogen-bond acceptors (Lipinski definition) is 5. The van der Waals surface area contributed by atoms with Crippen LogP contribution in [0, 0.1) is 0 Å². The van der Waals surface area contributed by atoms with Gasteiger partial charge in [0.2, 0.25) is 0 Å². The maximum atomic E-state index is 5.75. The number of aromatic nitrogens is 3. The van der Waals surface area contributed by atoms with Gasteiger partial charge in [-0.25, -0.2) is 15.0 Å². The van der Waals surface area contributed by atoms with E-state index in [1.165, 1.54) is 18.1 Å². The van der Waals surface area contributed by atoms with Crippen LogP contribution in [0.3, 0.4) is 0 Å². The molecule has 2 aromatic rings. The lowest BCUT2D eigenvalue weighted by Crippen LogP contribution is -2.04. The highest BCUT2D eigenvalue weighted by Crippen LogP contribution is 2.23. The number of nitrogens with zero attached hydrogens (tertiary/aromatic N) is 3. The summed E-state index contributed by atoms with van der Waals surface area (Å²) in [5.74, 6) is 0. The Morgan fingerprint density at radius 1 is 1.19 bits per heavy atom. The molecule has 0 spiro atoms. The van der Waals surface area contributed by atoms with Crippen molar-refractivity contribution in [3.05, 3.63) is 42.5 Å².